The van der Waals surface area contributed by atoms with E-state index >= 15 is 4.39 Å². The van der Waals surface area contributed by atoms with Gasteiger partial charge in [-0.3, -0.25) is 19.3 Å². The molecule has 1 unspecified atom stereocenters. The highest BCUT2D eigenvalue weighted by Gasteiger charge is 2.23. The zero-order chi connectivity index (χ0) is 27.4. The number of fused-ring (bicyclic) bond motifs is 1. The number of likely N-dealkylation sites (N-methyl/N-ethyl adjacent to an activating group) is 2. The van der Waals surface area contributed by atoms with Crippen LogP contribution in [-0.4, -0.2) is 59.0 Å². The van der Waals surface area contributed by atoms with Crippen LogP contribution in [0.5, 0.6) is 0 Å². The van der Waals surface area contributed by atoms with Gasteiger partial charge in [-0.2, -0.15) is 0 Å². The monoisotopic (exact) mass is 522 g/mol. The Bertz CT molecular complexity index is 1420. The topological polar surface area (TPSA) is 122 Å². The van der Waals surface area contributed by atoms with E-state index in [4.69, 9.17) is 5.73 Å². The van der Waals surface area contributed by atoms with E-state index in [1.54, 1.807) is 28.8 Å². The molecule has 1 aromatic carbocycles. The summed E-state index contributed by atoms with van der Waals surface area (Å²) < 4.78 is 16.7. The predicted octanol–water partition coefficient (Wildman–Crippen LogP) is 2.24. The van der Waals surface area contributed by atoms with Gasteiger partial charge < -0.3 is 20.9 Å². The number of benzene rings is 1. The summed E-state index contributed by atoms with van der Waals surface area (Å²) in [6.45, 7) is 6.98. The smallest absolute Gasteiger partial charge is 0.224 e. The van der Waals surface area contributed by atoms with E-state index in [1.165, 1.54) is 13.1 Å². The van der Waals surface area contributed by atoms with Crippen LogP contribution in [-0.2, 0) is 29.0 Å². The standard InChI is InChI=1S/C28H35FN6O3/c1-4-34-12-6-7-19(34)16-32-25(37)14-17-8-9-18(13-22(17)29)23-11-10-20-26(38)21(15-24(36)31-3)27(30)35(5-2)28(20)33-23/h8-11,13,19H,4-7,12,14-16,30H2,1-3H3,(H,31,36)(H,32,37). The largest absolute Gasteiger partial charge is 0.385 e. The van der Waals surface area contributed by atoms with Gasteiger partial charge in [0.2, 0.25) is 11.8 Å². The lowest BCUT2D eigenvalue weighted by atomic mass is 10.0. The molecule has 1 aliphatic rings. The summed E-state index contributed by atoms with van der Waals surface area (Å²) in [5.41, 5.74) is 7.79. The van der Waals surface area contributed by atoms with Gasteiger partial charge in [0.05, 0.1) is 23.9 Å². The Morgan fingerprint density at radius 3 is 2.61 bits per heavy atom. The number of nitrogens with zero attached hydrogens (tertiary/aromatic N) is 3. The molecule has 0 bridgehead atoms. The van der Waals surface area contributed by atoms with Crippen LogP contribution in [0.15, 0.2) is 35.1 Å². The van der Waals surface area contributed by atoms with Gasteiger partial charge in [-0.1, -0.05) is 19.1 Å². The molecule has 4 rings (SSSR count). The molecule has 0 saturated carbocycles. The average Bonchev–Trinajstić information content (AvgIpc) is 3.38. The minimum Gasteiger partial charge on any atom is -0.385 e. The van der Waals surface area contributed by atoms with Gasteiger partial charge in [0.1, 0.15) is 17.3 Å². The average molecular weight is 523 g/mol. The van der Waals surface area contributed by atoms with Gasteiger partial charge in [-0.15, -0.1) is 0 Å². The fourth-order valence-corrected chi connectivity index (χ4v) is 5.15. The van der Waals surface area contributed by atoms with Crippen LogP contribution < -0.4 is 21.8 Å². The molecule has 202 valence electrons. The van der Waals surface area contributed by atoms with E-state index in [2.05, 4.69) is 27.4 Å². The second kappa shape index (κ2) is 11.7. The molecule has 2 amide bonds. The lowest BCUT2D eigenvalue weighted by Gasteiger charge is -2.22. The number of carbonyl (C=O) groups excluding carboxylic acids is 2. The molecular formula is C28H35FN6O3. The van der Waals surface area contributed by atoms with Crippen LogP contribution in [0.3, 0.4) is 0 Å². The number of hydrogen-bond acceptors (Lipinski definition) is 6. The second-order valence-corrected chi connectivity index (χ2v) is 9.57. The third kappa shape index (κ3) is 5.55. The van der Waals surface area contributed by atoms with Gasteiger partial charge in [0.25, 0.3) is 0 Å². The number of hydrogen-bond donors (Lipinski definition) is 3. The number of nitrogens with two attached hydrogens (primary N) is 1. The van der Waals surface area contributed by atoms with Crippen molar-refractivity contribution in [2.75, 3.05) is 32.4 Å². The number of carbonyl (C=O) groups is 2. The van der Waals surface area contributed by atoms with Crippen molar-refractivity contribution in [3.63, 3.8) is 0 Å². The Morgan fingerprint density at radius 1 is 1.13 bits per heavy atom. The molecule has 38 heavy (non-hydrogen) atoms. The third-order valence-corrected chi connectivity index (χ3v) is 7.32. The minimum atomic E-state index is -0.496. The van der Waals surface area contributed by atoms with Gasteiger partial charge in [0, 0.05) is 37.3 Å². The summed E-state index contributed by atoms with van der Waals surface area (Å²) in [7, 11) is 1.50. The Morgan fingerprint density at radius 2 is 1.92 bits per heavy atom. The van der Waals surface area contributed by atoms with E-state index in [0.29, 0.717) is 47.0 Å². The molecule has 0 radical (unpaired) electrons. The number of amides is 2. The van der Waals surface area contributed by atoms with Gasteiger partial charge in [-0.25, -0.2) is 9.37 Å². The first-order chi connectivity index (χ1) is 18.3. The number of aryl methyl sites for hydroxylation is 1. The number of pyridine rings is 2. The number of likely N-dealkylation sites (tertiary alicyclic amines) is 1. The quantitative estimate of drug-likeness (QED) is 0.396. The third-order valence-electron chi connectivity index (χ3n) is 7.32. The minimum absolute atomic E-state index is 0.0455. The van der Waals surface area contributed by atoms with Crippen LogP contribution in [0.2, 0.25) is 0 Å². The number of aromatic nitrogens is 2. The molecule has 3 heterocycles. The van der Waals surface area contributed by atoms with Crippen molar-refractivity contribution in [1.82, 2.24) is 25.1 Å². The normalized spacial score (nSPS) is 15.6. The molecule has 10 heteroatoms. The highest BCUT2D eigenvalue weighted by atomic mass is 19.1. The van der Waals surface area contributed by atoms with Crippen LogP contribution >= 0.6 is 0 Å². The first-order valence-corrected chi connectivity index (χ1v) is 13.1. The Balaban J connectivity index is 1.56. The molecule has 0 aliphatic carbocycles. The summed E-state index contributed by atoms with van der Waals surface area (Å²) >= 11 is 0. The van der Waals surface area contributed by atoms with E-state index in [9.17, 15) is 14.4 Å². The molecule has 1 aliphatic heterocycles. The highest BCUT2D eigenvalue weighted by Crippen LogP contribution is 2.25. The van der Waals surface area contributed by atoms with Crippen molar-refractivity contribution in [2.24, 2.45) is 0 Å². The van der Waals surface area contributed by atoms with E-state index in [0.717, 1.165) is 25.9 Å². The summed E-state index contributed by atoms with van der Waals surface area (Å²) in [4.78, 5) is 44.5. The van der Waals surface area contributed by atoms with Gasteiger partial charge in [-0.05, 0) is 56.6 Å². The molecule has 1 saturated heterocycles. The fraction of sp³-hybridized carbons (Fsp3) is 0.429. The number of rotatable bonds is 9. The highest BCUT2D eigenvalue weighted by molar-refractivity contribution is 5.85. The van der Waals surface area contributed by atoms with E-state index in [1.807, 2.05) is 6.92 Å². The predicted molar refractivity (Wildman–Crippen MR) is 146 cm³/mol. The van der Waals surface area contributed by atoms with Crippen molar-refractivity contribution in [3.8, 4) is 11.3 Å². The number of nitrogen functional groups attached to an aromatic ring is 1. The molecule has 1 fully saturated rings. The lowest BCUT2D eigenvalue weighted by Crippen LogP contribution is -2.40. The summed E-state index contributed by atoms with van der Waals surface area (Å²) in [6.07, 6.45) is 2.01. The second-order valence-electron chi connectivity index (χ2n) is 9.57. The van der Waals surface area contributed by atoms with Crippen molar-refractivity contribution < 1.29 is 14.0 Å². The molecule has 4 N–H and O–H groups in total. The number of halogens is 1. The first-order valence-electron chi connectivity index (χ1n) is 13.1. The van der Waals surface area contributed by atoms with Crippen LogP contribution in [0, 0.1) is 5.82 Å². The SMILES string of the molecule is CCN1CCCC1CNC(=O)Cc1ccc(-c2ccc3c(=O)c(CC(=O)NC)c(N)n(CC)c3n2)cc1F. The fourth-order valence-electron chi connectivity index (χ4n) is 5.15. The summed E-state index contributed by atoms with van der Waals surface area (Å²) in [5.74, 6) is -0.834. The van der Waals surface area contributed by atoms with E-state index in [-0.39, 0.29) is 41.5 Å². The zero-order valence-electron chi connectivity index (χ0n) is 22.1. The van der Waals surface area contributed by atoms with Gasteiger partial charge >= 0.3 is 0 Å². The lowest BCUT2D eigenvalue weighted by molar-refractivity contribution is -0.121. The Hall–Kier alpha value is -3.79. The molecule has 3 aromatic rings. The zero-order valence-corrected chi connectivity index (χ0v) is 22.1. The van der Waals surface area contributed by atoms with Crippen LogP contribution in [0.4, 0.5) is 10.2 Å². The molecule has 9 nitrogen and oxygen atoms in total. The first kappa shape index (κ1) is 27.3. The van der Waals surface area contributed by atoms with Crippen LogP contribution in [0.25, 0.3) is 22.3 Å². The number of anilines is 1. The molecule has 2 aromatic heterocycles. The van der Waals surface area contributed by atoms with Crippen molar-refractivity contribution in [3.05, 3.63) is 57.5 Å². The summed E-state index contributed by atoms with van der Waals surface area (Å²) in [5, 5.41) is 5.79. The molecular weight excluding hydrogens is 487 g/mol. The van der Waals surface area contributed by atoms with Crippen molar-refractivity contribution >= 4 is 28.7 Å². The maximum absolute atomic E-state index is 15.0. The maximum Gasteiger partial charge on any atom is 0.224 e. The number of nitrogens with one attached hydrogen (secondary N) is 2. The van der Waals surface area contributed by atoms with Crippen molar-refractivity contribution in [1.29, 1.82) is 0 Å². The summed E-state index contributed by atoms with van der Waals surface area (Å²) in [6, 6.07) is 8.27. The van der Waals surface area contributed by atoms with E-state index < -0.39 is 5.82 Å². The van der Waals surface area contributed by atoms with Crippen molar-refractivity contribution in [2.45, 2.75) is 52.1 Å². The maximum atomic E-state index is 15.0. The molecule has 0 spiro atoms. The van der Waals surface area contributed by atoms with Gasteiger partial charge in [0.15, 0.2) is 5.43 Å². The Kier molecular flexibility index (Phi) is 8.41. The van der Waals surface area contributed by atoms with Crippen LogP contribution in [0.1, 0.15) is 37.8 Å². The Labute approximate surface area is 221 Å². The molecule has 1 atom stereocenters.